The number of aromatic nitrogens is 5. The van der Waals surface area contributed by atoms with Gasteiger partial charge >= 0.3 is 0 Å². The largest absolute Gasteiger partial charge is 0.352 e. The van der Waals surface area contributed by atoms with E-state index in [0.29, 0.717) is 39.0 Å². The van der Waals surface area contributed by atoms with Crippen LogP contribution in [0.2, 0.25) is 0 Å². The zero-order valence-electron chi connectivity index (χ0n) is 21.3. The fourth-order valence-corrected chi connectivity index (χ4v) is 4.94. The SMILES string of the molecule is CCCNC(=O)c1ccc(CI)c(-c2nc(NCc3ncc[nH]3)nc3c2ccc(=O)n3-c2c(F)cccc2F)c1. The number of H-pyrrole nitrogens is 1. The normalized spacial score (nSPS) is 11.1. The first-order valence-corrected chi connectivity index (χ1v) is 14.0. The summed E-state index contributed by atoms with van der Waals surface area (Å²) in [6.45, 7) is 2.72. The molecule has 0 fully saturated rings. The second-order valence-corrected chi connectivity index (χ2v) is 9.62. The molecule has 40 heavy (non-hydrogen) atoms. The first-order valence-electron chi connectivity index (χ1n) is 12.5. The third-order valence-corrected chi connectivity index (χ3v) is 7.01. The lowest BCUT2D eigenvalue weighted by Crippen LogP contribution is -2.24. The van der Waals surface area contributed by atoms with Crippen LogP contribution in [0.15, 0.2) is 65.7 Å². The maximum Gasteiger partial charge on any atom is 0.256 e. The summed E-state index contributed by atoms with van der Waals surface area (Å²) in [7, 11) is 0. The van der Waals surface area contributed by atoms with Crippen LogP contribution in [0.4, 0.5) is 14.7 Å². The molecule has 0 saturated carbocycles. The summed E-state index contributed by atoms with van der Waals surface area (Å²) in [5, 5.41) is 6.33. The number of alkyl halides is 1. The maximum atomic E-state index is 14.9. The van der Waals surface area contributed by atoms with E-state index in [0.717, 1.165) is 28.7 Å². The molecular formula is C28H24F2IN7O2. The average molecular weight is 655 g/mol. The van der Waals surface area contributed by atoms with E-state index in [1.54, 1.807) is 24.5 Å². The molecule has 0 bridgehead atoms. The van der Waals surface area contributed by atoms with Gasteiger partial charge < -0.3 is 15.6 Å². The molecule has 12 heteroatoms. The van der Waals surface area contributed by atoms with Crippen molar-refractivity contribution in [1.29, 1.82) is 0 Å². The van der Waals surface area contributed by atoms with Crippen LogP contribution in [0.5, 0.6) is 0 Å². The number of aromatic amines is 1. The third-order valence-electron chi connectivity index (χ3n) is 6.19. The first-order chi connectivity index (χ1) is 19.4. The van der Waals surface area contributed by atoms with Gasteiger partial charge in [0.2, 0.25) is 5.95 Å². The number of carbonyl (C=O) groups excluding carboxylic acids is 1. The molecule has 3 heterocycles. The number of amides is 1. The fourth-order valence-electron chi connectivity index (χ4n) is 4.27. The molecule has 0 radical (unpaired) electrons. The Kier molecular flexibility index (Phi) is 8.14. The molecule has 9 nitrogen and oxygen atoms in total. The summed E-state index contributed by atoms with van der Waals surface area (Å²) >= 11 is 2.22. The predicted octanol–water partition coefficient (Wildman–Crippen LogP) is 5.14. The van der Waals surface area contributed by atoms with Gasteiger partial charge in [-0.05, 0) is 42.3 Å². The Morgan fingerprint density at radius 3 is 2.60 bits per heavy atom. The highest BCUT2D eigenvalue weighted by molar-refractivity contribution is 14.1. The minimum Gasteiger partial charge on any atom is -0.352 e. The minimum absolute atomic E-state index is 0.00342. The molecule has 0 aliphatic rings. The maximum absolute atomic E-state index is 14.9. The van der Waals surface area contributed by atoms with Crippen LogP contribution in [-0.4, -0.2) is 37.0 Å². The Balaban J connectivity index is 1.78. The molecule has 0 spiro atoms. The number of halogens is 3. The zero-order valence-corrected chi connectivity index (χ0v) is 23.5. The van der Waals surface area contributed by atoms with E-state index in [-0.39, 0.29) is 24.0 Å². The molecule has 0 aliphatic carbocycles. The number of rotatable bonds is 9. The number of hydrogen-bond donors (Lipinski definition) is 3. The highest BCUT2D eigenvalue weighted by Crippen LogP contribution is 2.33. The third kappa shape index (κ3) is 5.43. The summed E-state index contributed by atoms with van der Waals surface area (Å²) in [4.78, 5) is 42.3. The van der Waals surface area contributed by atoms with Gasteiger partial charge in [-0.1, -0.05) is 41.6 Å². The van der Waals surface area contributed by atoms with Crippen molar-refractivity contribution >= 4 is 45.5 Å². The lowest BCUT2D eigenvalue weighted by Gasteiger charge is -2.17. The van der Waals surface area contributed by atoms with E-state index < -0.39 is 22.9 Å². The minimum atomic E-state index is -0.914. The molecule has 2 aromatic carbocycles. The number of nitrogens with zero attached hydrogens (tertiary/aromatic N) is 4. The van der Waals surface area contributed by atoms with Crippen LogP contribution in [0.25, 0.3) is 28.0 Å². The van der Waals surface area contributed by atoms with Crippen LogP contribution < -0.4 is 16.2 Å². The number of benzene rings is 2. The van der Waals surface area contributed by atoms with E-state index in [9.17, 15) is 18.4 Å². The van der Waals surface area contributed by atoms with Crippen molar-refractivity contribution in [2.45, 2.75) is 24.3 Å². The van der Waals surface area contributed by atoms with E-state index in [4.69, 9.17) is 4.98 Å². The number of hydrogen-bond acceptors (Lipinski definition) is 6. The van der Waals surface area contributed by atoms with Crippen molar-refractivity contribution in [3.8, 4) is 16.9 Å². The molecule has 0 aliphatic heterocycles. The number of fused-ring (bicyclic) bond motifs is 1. The summed E-state index contributed by atoms with van der Waals surface area (Å²) in [5.74, 6) is -1.35. The van der Waals surface area contributed by atoms with Crippen molar-refractivity contribution in [2.75, 3.05) is 11.9 Å². The molecule has 204 valence electrons. The molecule has 0 saturated heterocycles. The second-order valence-electron chi connectivity index (χ2n) is 8.86. The van der Waals surface area contributed by atoms with Gasteiger partial charge in [-0.2, -0.15) is 4.98 Å². The van der Waals surface area contributed by atoms with Crippen molar-refractivity contribution in [3.05, 3.63) is 99.9 Å². The Morgan fingerprint density at radius 2 is 1.90 bits per heavy atom. The lowest BCUT2D eigenvalue weighted by atomic mass is 9.99. The number of nitrogens with one attached hydrogen (secondary N) is 3. The molecule has 0 unspecified atom stereocenters. The molecule has 5 rings (SSSR count). The van der Waals surface area contributed by atoms with Crippen molar-refractivity contribution in [2.24, 2.45) is 0 Å². The van der Waals surface area contributed by atoms with Crippen molar-refractivity contribution in [1.82, 2.24) is 29.8 Å². The van der Waals surface area contributed by atoms with E-state index >= 15 is 0 Å². The van der Waals surface area contributed by atoms with Gasteiger partial charge in [0, 0.05) is 45.9 Å². The highest BCUT2D eigenvalue weighted by Gasteiger charge is 2.21. The summed E-state index contributed by atoms with van der Waals surface area (Å²) in [6.07, 6.45) is 4.06. The summed E-state index contributed by atoms with van der Waals surface area (Å²) in [6, 6.07) is 11.4. The Hall–Kier alpha value is -4.20. The molecule has 0 atom stereocenters. The van der Waals surface area contributed by atoms with Crippen LogP contribution >= 0.6 is 22.6 Å². The van der Waals surface area contributed by atoms with Crippen LogP contribution in [0, 0.1) is 11.6 Å². The molecule has 3 aromatic heterocycles. The van der Waals surface area contributed by atoms with Crippen LogP contribution in [0.3, 0.4) is 0 Å². The smallest absolute Gasteiger partial charge is 0.256 e. The molecular weight excluding hydrogens is 631 g/mol. The Labute approximate surface area is 241 Å². The first kappa shape index (κ1) is 27.4. The fraction of sp³-hybridized carbons (Fsp3) is 0.179. The van der Waals surface area contributed by atoms with Gasteiger partial charge in [0.15, 0.2) is 5.65 Å². The van der Waals surface area contributed by atoms with E-state index in [1.165, 1.54) is 18.2 Å². The monoisotopic (exact) mass is 655 g/mol. The van der Waals surface area contributed by atoms with Gasteiger partial charge in [0.05, 0.1) is 12.2 Å². The lowest BCUT2D eigenvalue weighted by molar-refractivity contribution is 0.0953. The average Bonchev–Trinajstić information content (AvgIpc) is 3.49. The highest BCUT2D eigenvalue weighted by atomic mass is 127. The zero-order chi connectivity index (χ0) is 28.2. The topological polar surface area (TPSA) is 118 Å². The number of carbonyl (C=O) groups is 1. The van der Waals surface area contributed by atoms with Gasteiger partial charge in [-0.25, -0.2) is 18.7 Å². The number of anilines is 1. The Bertz CT molecular complexity index is 1740. The van der Waals surface area contributed by atoms with Gasteiger partial charge in [-0.3, -0.25) is 14.2 Å². The predicted molar refractivity (Wildman–Crippen MR) is 157 cm³/mol. The van der Waals surface area contributed by atoms with E-state index in [2.05, 4.69) is 48.2 Å². The van der Waals surface area contributed by atoms with Gasteiger partial charge in [0.25, 0.3) is 11.5 Å². The molecule has 5 aromatic rings. The van der Waals surface area contributed by atoms with E-state index in [1.807, 2.05) is 13.0 Å². The number of imidazole rings is 1. The quantitative estimate of drug-likeness (QED) is 0.150. The number of para-hydroxylation sites is 1. The van der Waals surface area contributed by atoms with Crippen LogP contribution in [0.1, 0.15) is 35.1 Å². The second kappa shape index (κ2) is 11.9. The van der Waals surface area contributed by atoms with Gasteiger partial charge in [0.1, 0.15) is 23.1 Å². The van der Waals surface area contributed by atoms with Gasteiger partial charge in [-0.15, -0.1) is 0 Å². The Morgan fingerprint density at radius 1 is 1.10 bits per heavy atom. The summed E-state index contributed by atoms with van der Waals surface area (Å²) < 4.78 is 31.4. The summed E-state index contributed by atoms with van der Waals surface area (Å²) in [5.41, 5.74) is 1.13. The van der Waals surface area contributed by atoms with Crippen molar-refractivity contribution in [3.63, 3.8) is 0 Å². The molecule has 1 amide bonds. The standard InChI is InChI=1S/C28H24F2IN7O2/c1-2-10-34-27(40)16-6-7-17(14-31)19(13-16)24-18-8-9-23(39)38(25-20(29)4-3-5-21(25)30)26(18)37-28(36-24)35-15-22-32-11-12-33-22/h3-9,11-13H,2,10,14-15H2,1H3,(H,32,33)(H,34,40)(H,35,36,37). The van der Waals surface area contributed by atoms with Crippen molar-refractivity contribution < 1.29 is 13.6 Å². The van der Waals surface area contributed by atoms with Crippen LogP contribution in [-0.2, 0) is 11.0 Å². The number of pyridine rings is 1. The molecule has 3 N–H and O–H groups in total.